The van der Waals surface area contributed by atoms with Gasteiger partial charge in [-0.15, -0.1) is 6.58 Å². The Kier molecular flexibility index (Phi) is 6.51. The van der Waals surface area contributed by atoms with Gasteiger partial charge in [-0.25, -0.2) is 0 Å². The molecule has 0 heterocycles. The van der Waals surface area contributed by atoms with Gasteiger partial charge in [0.15, 0.2) is 0 Å². The zero-order chi connectivity index (χ0) is 13.4. The molecule has 100 valence electrons. The largest absolute Gasteiger partial charge is 0.368 e. The van der Waals surface area contributed by atoms with Crippen LogP contribution >= 0.6 is 0 Å². The van der Waals surface area contributed by atoms with Crippen molar-refractivity contribution in [3.05, 3.63) is 42.5 Å². The molecule has 0 aliphatic rings. The number of hydrogen-bond donors (Lipinski definition) is 1. The molecule has 0 aromatic heterocycles. The molecule has 2 nitrogen and oxygen atoms in total. The van der Waals surface area contributed by atoms with Crippen molar-refractivity contribution in [3.8, 4) is 0 Å². The zero-order valence-corrected chi connectivity index (χ0v) is 11.9. The molecule has 1 aromatic carbocycles. The topological polar surface area (TPSA) is 15.3 Å². The van der Waals surface area contributed by atoms with Crippen LogP contribution in [0.25, 0.3) is 0 Å². The van der Waals surface area contributed by atoms with E-state index in [1.54, 1.807) is 0 Å². The number of hydrogen-bond acceptors (Lipinski definition) is 2. The molecule has 1 N–H and O–H groups in total. The standard InChI is InChI=1S/C16H26N2/c1-5-12-18(13-6-2)16-11-9-8-10-14(16)15(7-3)17-4/h5,8-11,15,17H,1,6-7,12-13H2,2-4H3. The molecule has 18 heavy (non-hydrogen) atoms. The first kappa shape index (κ1) is 14.8. The second-order valence-electron chi connectivity index (χ2n) is 4.54. The number of nitrogens with zero attached hydrogens (tertiary/aromatic N) is 1. The van der Waals surface area contributed by atoms with E-state index in [-0.39, 0.29) is 0 Å². The van der Waals surface area contributed by atoms with E-state index >= 15 is 0 Å². The van der Waals surface area contributed by atoms with Crippen molar-refractivity contribution in [2.24, 2.45) is 0 Å². The lowest BCUT2D eigenvalue weighted by molar-refractivity contribution is 0.575. The predicted molar refractivity (Wildman–Crippen MR) is 81.2 cm³/mol. The van der Waals surface area contributed by atoms with E-state index in [0.717, 1.165) is 25.9 Å². The molecule has 1 atom stereocenters. The van der Waals surface area contributed by atoms with E-state index < -0.39 is 0 Å². The maximum Gasteiger partial charge on any atom is 0.0417 e. The third-order valence-corrected chi connectivity index (χ3v) is 3.25. The second kappa shape index (κ2) is 7.93. The summed E-state index contributed by atoms with van der Waals surface area (Å²) in [7, 11) is 2.03. The Labute approximate surface area is 112 Å². The molecule has 0 bridgehead atoms. The van der Waals surface area contributed by atoms with Crippen LogP contribution in [-0.4, -0.2) is 20.1 Å². The minimum atomic E-state index is 0.422. The average Bonchev–Trinajstić information content (AvgIpc) is 2.41. The molecule has 0 saturated carbocycles. The van der Waals surface area contributed by atoms with Crippen LogP contribution in [0, 0.1) is 0 Å². The van der Waals surface area contributed by atoms with Crippen molar-refractivity contribution in [1.82, 2.24) is 5.32 Å². The van der Waals surface area contributed by atoms with Crippen molar-refractivity contribution >= 4 is 5.69 Å². The summed E-state index contributed by atoms with van der Waals surface area (Å²) in [5.41, 5.74) is 2.72. The molecule has 0 spiro atoms. The van der Waals surface area contributed by atoms with Crippen LogP contribution in [-0.2, 0) is 0 Å². The fourth-order valence-electron chi connectivity index (χ4n) is 2.39. The highest BCUT2D eigenvalue weighted by molar-refractivity contribution is 5.55. The smallest absolute Gasteiger partial charge is 0.0417 e. The summed E-state index contributed by atoms with van der Waals surface area (Å²) in [6.07, 6.45) is 4.23. The third-order valence-electron chi connectivity index (χ3n) is 3.25. The fourth-order valence-corrected chi connectivity index (χ4v) is 2.39. The Hall–Kier alpha value is -1.28. The highest BCUT2D eigenvalue weighted by Crippen LogP contribution is 2.28. The van der Waals surface area contributed by atoms with E-state index in [9.17, 15) is 0 Å². The average molecular weight is 246 g/mol. The first-order valence-corrected chi connectivity index (χ1v) is 6.90. The Morgan fingerprint density at radius 1 is 1.33 bits per heavy atom. The summed E-state index contributed by atoms with van der Waals surface area (Å²) >= 11 is 0. The van der Waals surface area contributed by atoms with Crippen molar-refractivity contribution in [2.45, 2.75) is 32.7 Å². The number of rotatable bonds is 8. The van der Waals surface area contributed by atoms with Gasteiger partial charge in [-0.1, -0.05) is 38.1 Å². The lowest BCUT2D eigenvalue weighted by Gasteiger charge is -2.28. The monoisotopic (exact) mass is 246 g/mol. The van der Waals surface area contributed by atoms with Gasteiger partial charge in [-0.3, -0.25) is 0 Å². The van der Waals surface area contributed by atoms with Gasteiger partial charge in [0, 0.05) is 24.8 Å². The Morgan fingerprint density at radius 3 is 2.61 bits per heavy atom. The van der Waals surface area contributed by atoms with E-state index in [4.69, 9.17) is 0 Å². The molecule has 1 aromatic rings. The van der Waals surface area contributed by atoms with Gasteiger partial charge in [0.1, 0.15) is 0 Å². The highest BCUT2D eigenvalue weighted by Gasteiger charge is 2.14. The van der Waals surface area contributed by atoms with E-state index in [1.165, 1.54) is 11.3 Å². The lowest BCUT2D eigenvalue weighted by atomic mass is 10.0. The second-order valence-corrected chi connectivity index (χ2v) is 4.54. The maximum atomic E-state index is 3.87. The normalized spacial score (nSPS) is 12.2. The van der Waals surface area contributed by atoms with Gasteiger partial charge in [0.05, 0.1) is 0 Å². The molecule has 0 fully saturated rings. The minimum absolute atomic E-state index is 0.422. The van der Waals surface area contributed by atoms with Gasteiger partial charge in [0.25, 0.3) is 0 Å². The van der Waals surface area contributed by atoms with Crippen LogP contribution in [0.3, 0.4) is 0 Å². The van der Waals surface area contributed by atoms with Crippen LogP contribution in [0.4, 0.5) is 5.69 Å². The van der Waals surface area contributed by atoms with Crippen molar-refractivity contribution in [1.29, 1.82) is 0 Å². The molecule has 1 unspecified atom stereocenters. The summed E-state index contributed by atoms with van der Waals surface area (Å²) in [5.74, 6) is 0. The number of anilines is 1. The van der Waals surface area contributed by atoms with Crippen LogP contribution in [0.2, 0.25) is 0 Å². The Bertz CT molecular complexity index is 356. The number of para-hydroxylation sites is 1. The predicted octanol–water partition coefficient (Wildman–Crippen LogP) is 3.76. The van der Waals surface area contributed by atoms with Gasteiger partial charge in [0.2, 0.25) is 0 Å². The molecule has 0 amide bonds. The molecular weight excluding hydrogens is 220 g/mol. The zero-order valence-electron chi connectivity index (χ0n) is 11.9. The van der Waals surface area contributed by atoms with E-state index in [0.29, 0.717) is 6.04 Å². The fraction of sp³-hybridized carbons (Fsp3) is 0.500. The molecule has 0 saturated heterocycles. The van der Waals surface area contributed by atoms with Crippen LogP contribution in [0.15, 0.2) is 36.9 Å². The summed E-state index contributed by atoms with van der Waals surface area (Å²) in [4.78, 5) is 2.41. The summed E-state index contributed by atoms with van der Waals surface area (Å²) in [6.45, 7) is 10.3. The molecule has 0 aliphatic carbocycles. The van der Waals surface area contributed by atoms with Gasteiger partial charge >= 0.3 is 0 Å². The van der Waals surface area contributed by atoms with Crippen molar-refractivity contribution < 1.29 is 0 Å². The first-order chi connectivity index (χ1) is 8.78. The number of benzene rings is 1. The number of nitrogens with one attached hydrogen (secondary N) is 1. The van der Waals surface area contributed by atoms with E-state index in [2.05, 4.69) is 54.9 Å². The Balaban J connectivity index is 3.07. The summed E-state index contributed by atoms with van der Waals surface area (Å²) in [5, 5.41) is 3.40. The summed E-state index contributed by atoms with van der Waals surface area (Å²) < 4.78 is 0. The van der Waals surface area contributed by atoms with Gasteiger partial charge in [-0.05, 0) is 31.5 Å². The van der Waals surface area contributed by atoms with Crippen molar-refractivity contribution in [3.63, 3.8) is 0 Å². The minimum Gasteiger partial charge on any atom is -0.368 e. The van der Waals surface area contributed by atoms with Crippen LogP contribution in [0.1, 0.15) is 38.3 Å². The van der Waals surface area contributed by atoms with Gasteiger partial charge in [-0.2, -0.15) is 0 Å². The SMILES string of the molecule is C=CCN(CCC)c1ccccc1C(CC)NC. The molecule has 1 rings (SSSR count). The highest BCUT2D eigenvalue weighted by atomic mass is 15.1. The van der Waals surface area contributed by atoms with Crippen LogP contribution < -0.4 is 10.2 Å². The first-order valence-electron chi connectivity index (χ1n) is 6.90. The molecule has 2 heteroatoms. The summed E-state index contributed by atoms with van der Waals surface area (Å²) in [6, 6.07) is 9.11. The van der Waals surface area contributed by atoms with E-state index in [1.807, 2.05) is 13.1 Å². The van der Waals surface area contributed by atoms with Crippen LogP contribution in [0.5, 0.6) is 0 Å². The maximum absolute atomic E-state index is 3.87. The Morgan fingerprint density at radius 2 is 2.06 bits per heavy atom. The van der Waals surface area contributed by atoms with Gasteiger partial charge < -0.3 is 10.2 Å². The third kappa shape index (κ3) is 3.61. The molecule has 0 radical (unpaired) electrons. The van der Waals surface area contributed by atoms with Crippen molar-refractivity contribution in [2.75, 3.05) is 25.0 Å². The molecular formula is C16H26N2. The lowest BCUT2D eigenvalue weighted by Crippen LogP contribution is -2.27. The quantitative estimate of drug-likeness (QED) is 0.703. The molecule has 0 aliphatic heterocycles.